The minimum absolute atomic E-state index is 0.0971. The summed E-state index contributed by atoms with van der Waals surface area (Å²) in [6, 6.07) is 13.2. The average Bonchev–Trinajstić information content (AvgIpc) is 2.83. The number of likely N-dealkylation sites (tertiary alicyclic amines) is 1. The van der Waals surface area contributed by atoms with Crippen LogP contribution in [0.1, 0.15) is 43.9 Å². The highest BCUT2D eigenvalue weighted by Gasteiger charge is 2.26. The van der Waals surface area contributed by atoms with Gasteiger partial charge in [-0.3, -0.25) is 0 Å². The van der Waals surface area contributed by atoms with E-state index in [1.165, 1.54) is 0 Å². The molecule has 1 saturated heterocycles. The van der Waals surface area contributed by atoms with E-state index in [0.717, 1.165) is 46.4 Å². The summed E-state index contributed by atoms with van der Waals surface area (Å²) in [6.07, 6.45) is 3.36. The van der Waals surface area contributed by atoms with Gasteiger partial charge in [-0.1, -0.05) is 11.8 Å². The van der Waals surface area contributed by atoms with Crippen LogP contribution in [0, 0.1) is 11.8 Å². The van der Waals surface area contributed by atoms with Gasteiger partial charge in [0.15, 0.2) is 0 Å². The molecule has 7 heteroatoms. The number of aliphatic hydroxyl groups excluding tert-OH is 1. The van der Waals surface area contributed by atoms with Crippen LogP contribution in [-0.4, -0.2) is 51.8 Å². The number of benzene rings is 2. The number of anilines is 1. The summed E-state index contributed by atoms with van der Waals surface area (Å²) in [6.45, 7) is 5.09. The lowest BCUT2D eigenvalue weighted by molar-refractivity contribution is 0.194. The van der Waals surface area contributed by atoms with E-state index in [9.17, 15) is 4.79 Å². The predicted octanol–water partition coefficient (Wildman–Crippen LogP) is 4.17. The van der Waals surface area contributed by atoms with E-state index < -0.39 is 0 Å². The molecule has 0 spiro atoms. The Kier molecular flexibility index (Phi) is 7.06. The van der Waals surface area contributed by atoms with E-state index in [1.807, 2.05) is 61.2 Å². The number of rotatable bonds is 4. The Labute approximate surface area is 193 Å². The number of carbonyl (C=O) groups is 1. The first kappa shape index (κ1) is 22.6. The van der Waals surface area contributed by atoms with Gasteiger partial charge in [-0.2, -0.15) is 0 Å². The third-order valence-corrected chi connectivity index (χ3v) is 5.62. The molecule has 1 aromatic heterocycles. The van der Waals surface area contributed by atoms with Crippen LogP contribution in [0.2, 0.25) is 0 Å². The Balaban J connectivity index is 1.40. The topological polar surface area (TPSA) is 87.6 Å². The number of amides is 2. The number of urea groups is 1. The fourth-order valence-electron chi connectivity index (χ4n) is 4.07. The summed E-state index contributed by atoms with van der Waals surface area (Å²) in [4.78, 5) is 23.6. The van der Waals surface area contributed by atoms with Gasteiger partial charge in [0.05, 0.1) is 17.3 Å². The first-order valence-electron chi connectivity index (χ1n) is 11.2. The molecule has 4 rings (SSSR count). The number of carbonyl (C=O) groups excluding carboxylic acids is 1. The summed E-state index contributed by atoms with van der Waals surface area (Å²) in [5, 5.41) is 12.9. The van der Waals surface area contributed by atoms with Crippen LogP contribution in [0.5, 0.6) is 5.75 Å². The van der Waals surface area contributed by atoms with E-state index >= 15 is 0 Å². The van der Waals surface area contributed by atoms with Crippen LogP contribution in [-0.2, 0) is 0 Å². The normalized spacial score (nSPS) is 14.1. The molecular formula is C26H28N4O3. The smallest absolute Gasteiger partial charge is 0.321 e. The lowest BCUT2D eigenvalue weighted by Gasteiger charge is -2.32. The van der Waals surface area contributed by atoms with Crippen LogP contribution in [0.25, 0.3) is 10.9 Å². The summed E-state index contributed by atoms with van der Waals surface area (Å²) >= 11 is 0. The first-order chi connectivity index (χ1) is 16.0. The molecule has 2 aromatic carbocycles. The summed E-state index contributed by atoms with van der Waals surface area (Å²) in [5.74, 6) is 6.66. The number of hydrogen-bond donors (Lipinski definition) is 2. The number of nitrogens with one attached hydrogen (secondary N) is 1. The quantitative estimate of drug-likeness (QED) is 0.590. The van der Waals surface area contributed by atoms with Gasteiger partial charge in [-0.15, -0.1) is 0 Å². The second kappa shape index (κ2) is 10.3. The van der Waals surface area contributed by atoms with E-state index in [0.29, 0.717) is 13.1 Å². The van der Waals surface area contributed by atoms with Crippen molar-refractivity contribution >= 4 is 22.6 Å². The largest absolute Gasteiger partial charge is 0.491 e. The van der Waals surface area contributed by atoms with Gasteiger partial charge in [0.25, 0.3) is 0 Å². The molecule has 170 valence electrons. The van der Waals surface area contributed by atoms with Crippen molar-refractivity contribution in [3.05, 3.63) is 60.0 Å². The molecule has 0 bridgehead atoms. The lowest BCUT2D eigenvalue weighted by Crippen LogP contribution is -2.40. The number of ether oxygens (including phenoxy) is 1. The van der Waals surface area contributed by atoms with Crippen LogP contribution in [0.4, 0.5) is 10.5 Å². The Morgan fingerprint density at radius 1 is 1.18 bits per heavy atom. The van der Waals surface area contributed by atoms with Gasteiger partial charge in [0.2, 0.25) is 0 Å². The molecule has 0 atom stereocenters. The number of nitrogens with zero attached hydrogens (tertiary/aromatic N) is 3. The van der Waals surface area contributed by atoms with Gasteiger partial charge < -0.3 is 20.1 Å². The number of hydrogen-bond acceptors (Lipinski definition) is 5. The van der Waals surface area contributed by atoms with Crippen molar-refractivity contribution in [2.24, 2.45) is 0 Å². The summed E-state index contributed by atoms with van der Waals surface area (Å²) in [5.41, 5.74) is 3.44. The molecular weight excluding hydrogens is 416 g/mol. The Bertz CT molecular complexity index is 1170. The number of piperidine rings is 1. The zero-order chi connectivity index (χ0) is 23.2. The molecule has 2 amide bonds. The third kappa shape index (κ3) is 5.60. The zero-order valence-corrected chi connectivity index (χ0v) is 18.9. The molecule has 33 heavy (non-hydrogen) atoms. The maximum Gasteiger partial charge on any atom is 0.321 e. The van der Waals surface area contributed by atoms with E-state index in [4.69, 9.17) is 9.84 Å². The highest BCUT2D eigenvalue weighted by atomic mass is 16.5. The Morgan fingerprint density at radius 3 is 2.64 bits per heavy atom. The van der Waals surface area contributed by atoms with Crippen molar-refractivity contribution in [1.82, 2.24) is 14.9 Å². The van der Waals surface area contributed by atoms with Crippen molar-refractivity contribution in [3.63, 3.8) is 0 Å². The molecule has 2 heterocycles. The van der Waals surface area contributed by atoms with Gasteiger partial charge in [-0.05, 0) is 69.2 Å². The Hall–Kier alpha value is -3.63. The molecule has 0 unspecified atom stereocenters. The fourth-order valence-corrected chi connectivity index (χ4v) is 4.07. The summed E-state index contributed by atoms with van der Waals surface area (Å²) in [7, 11) is 0. The lowest BCUT2D eigenvalue weighted by atomic mass is 9.90. The maximum atomic E-state index is 12.8. The second-order valence-corrected chi connectivity index (χ2v) is 8.33. The fraction of sp³-hybridized carbons (Fsp3) is 0.346. The predicted molar refractivity (Wildman–Crippen MR) is 128 cm³/mol. The molecule has 7 nitrogen and oxygen atoms in total. The van der Waals surface area contributed by atoms with E-state index in [-0.39, 0.29) is 24.7 Å². The highest BCUT2D eigenvalue weighted by Crippen LogP contribution is 2.31. The SMILES string of the molecule is CC(C)Oc1ccc(NC(=O)N2CCC(c3ncnc4ccc(C#CCO)cc34)CC2)cc1. The first-order valence-corrected chi connectivity index (χ1v) is 11.2. The minimum Gasteiger partial charge on any atom is -0.491 e. The van der Waals surface area contributed by atoms with Crippen molar-refractivity contribution < 1.29 is 14.6 Å². The molecule has 1 aliphatic heterocycles. The molecule has 1 aliphatic rings. The zero-order valence-electron chi connectivity index (χ0n) is 18.9. The van der Waals surface area contributed by atoms with Gasteiger partial charge >= 0.3 is 6.03 Å². The number of aromatic nitrogens is 2. The highest BCUT2D eigenvalue weighted by molar-refractivity contribution is 5.89. The van der Waals surface area contributed by atoms with Crippen molar-refractivity contribution in [3.8, 4) is 17.6 Å². The standard InChI is InChI=1S/C26H28N4O3/c1-18(2)33-22-8-6-21(7-9-22)29-26(32)30-13-11-20(12-14-30)25-23-16-19(4-3-15-31)5-10-24(23)27-17-28-25/h5-10,16-18,20,31H,11-15H2,1-2H3,(H,29,32). The van der Waals surface area contributed by atoms with Gasteiger partial charge in [-0.25, -0.2) is 14.8 Å². The molecule has 0 aliphatic carbocycles. The minimum atomic E-state index is -0.174. The van der Waals surface area contributed by atoms with Crippen LogP contribution >= 0.6 is 0 Å². The number of fused-ring (bicyclic) bond motifs is 1. The van der Waals surface area contributed by atoms with Gasteiger partial charge in [0, 0.05) is 35.6 Å². The average molecular weight is 445 g/mol. The van der Waals surface area contributed by atoms with Crippen molar-refractivity contribution in [1.29, 1.82) is 0 Å². The Morgan fingerprint density at radius 2 is 1.94 bits per heavy atom. The molecule has 1 fully saturated rings. The van der Waals surface area contributed by atoms with Gasteiger partial charge in [0.1, 0.15) is 18.7 Å². The third-order valence-electron chi connectivity index (χ3n) is 5.62. The summed E-state index contributed by atoms with van der Waals surface area (Å²) < 4.78 is 5.65. The van der Waals surface area contributed by atoms with E-state index in [2.05, 4.69) is 27.1 Å². The molecule has 2 N–H and O–H groups in total. The van der Waals surface area contributed by atoms with Crippen LogP contribution < -0.4 is 10.1 Å². The van der Waals surface area contributed by atoms with Crippen LogP contribution in [0.3, 0.4) is 0 Å². The van der Waals surface area contributed by atoms with E-state index in [1.54, 1.807) is 6.33 Å². The maximum absolute atomic E-state index is 12.8. The molecule has 0 radical (unpaired) electrons. The second-order valence-electron chi connectivity index (χ2n) is 8.33. The monoisotopic (exact) mass is 444 g/mol. The number of aliphatic hydroxyl groups is 1. The van der Waals surface area contributed by atoms with Crippen molar-refractivity contribution in [2.45, 2.75) is 38.7 Å². The van der Waals surface area contributed by atoms with Crippen molar-refractivity contribution in [2.75, 3.05) is 25.0 Å². The molecule has 3 aromatic rings. The van der Waals surface area contributed by atoms with Crippen LogP contribution in [0.15, 0.2) is 48.8 Å². The molecule has 0 saturated carbocycles.